The zero-order chi connectivity index (χ0) is 16.4. The Kier molecular flexibility index (Phi) is 3.71. The number of nitro groups is 1. The lowest BCUT2D eigenvalue weighted by atomic mass is 10.1. The van der Waals surface area contributed by atoms with E-state index in [0.717, 1.165) is 5.52 Å². The Hall–Kier alpha value is -3.29. The summed E-state index contributed by atoms with van der Waals surface area (Å²) in [4.78, 5) is 22.1. The van der Waals surface area contributed by atoms with E-state index in [0.29, 0.717) is 11.1 Å². The number of hydrogen-bond acceptors (Lipinski definition) is 5. The van der Waals surface area contributed by atoms with Crippen molar-refractivity contribution in [3.05, 3.63) is 64.2 Å². The summed E-state index contributed by atoms with van der Waals surface area (Å²) in [6, 6.07) is 13.4. The molecule has 3 aromatic rings. The highest BCUT2D eigenvalue weighted by atomic mass is 16.6. The van der Waals surface area contributed by atoms with E-state index in [9.17, 15) is 14.9 Å². The number of benzene rings is 2. The van der Waals surface area contributed by atoms with Crippen molar-refractivity contribution in [2.75, 3.05) is 0 Å². The smallest absolute Gasteiger partial charge is 0.269 e. The molecule has 116 valence electrons. The van der Waals surface area contributed by atoms with E-state index in [1.807, 2.05) is 18.2 Å². The first kappa shape index (κ1) is 14.6. The summed E-state index contributed by atoms with van der Waals surface area (Å²) in [7, 11) is 0. The Balaban J connectivity index is 2.13. The monoisotopic (exact) mass is 311 g/mol. The summed E-state index contributed by atoms with van der Waals surface area (Å²) < 4.78 is 1.54. The minimum Gasteiger partial charge on any atom is -0.331 e. The average Bonchev–Trinajstić information content (AvgIpc) is 2.96. The summed E-state index contributed by atoms with van der Waals surface area (Å²) in [6.07, 6.45) is -0.681. The number of hydrogen-bond donors (Lipinski definition) is 1. The Labute approximate surface area is 130 Å². The number of non-ortho nitro benzene ring substituents is 1. The second-order valence-corrected chi connectivity index (χ2v) is 4.98. The zero-order valence-electron chi connectivity index (χ0n) is 12.2. The van der Waals surface area contributed by atoms with Gasteiger partial charge >= 0.3 is 0 Å². The molecule has 2 aromatic carbocycles. The minimum atomic E-state index is -0.681. The normalized spacial score (nSPS) is 12.0. The van der Waals surface area contributed by atoms with Crippen molar-refractivity contribution in [2.45, 2.75) is 13.1 Å². The summed E-state index contributed by atoms with van der Waals surface area (Å²) in [5, 5.41) is 21.9. The van der Waals surface area contributed by atoms with Gasteiger partial charge in [-0.1, -0.05) is 29.5 Å². The Morgan fingerprint density at radius 1 is 1.26 bits per heavy atom. The maximum atomic E-state index is 11.6. The number of carbonyl (C=O) groups excluding carboxylic acids is 1. The van der Waals surface area contributed by atoms with Crippen LogP contribution in [0.2, 0.25) is 0 Å². The maximum absolute atomic E-state index is 11.6. The summed E-state index contributed by atoms with van der Waals surface area (Å²) in [5.74, 6) is -0.277. The highest BCUT2D eigenvalue weighted by molar-refractivity contribution is 5.76. The predicted molar refractivity (Wildman–Crippen MR) is 82.6 cm³/mol. The van der Waals surface area contributed by atoms with E-state index in [2.05, 4.69) is 15.6 Å². The summed E-state index contributed by atoms with van der Waals surface area (Å²) >= 11 is 0. The van der Waals surface area contributed by atoms with Crippen LogP contribution in [-0.4, -0.2) is 25.8 Å². The van der Waals surface area contributed by atoms with Gasteiger partial charge in [-0.3, -0.25) is 14.9 Å². The lowest BCUT2D eigenvalue weighted by Crippen LogP contribution is -2.32. The van der Waals surface area contributed by atoms with E-state index in [4.69, 9.17) is 0 Å². The number of amides is 1. The first-order valence-electron chi connectivity index (χ1n) is 6.87. The van der Waals surface area contributed by atoms with Crippen LogP contribution in [0.4, 0.5) is 5.69 Å². The molecule has 8 nitrogen and oxygen atoms in total. The largest absolute Gasteiger partial charge is 0.331 e. The van der Waals surface area contributed by atoms with E-state index in [-0.39, 0.29) is 11.6 Å². The van der Waals surface area contributed by atoms with Crippen molar-refractivity contribution < 1.29 is 9.72 Å². The molecule has 1 N–H and O–H groups in total. The Morgan fingerprint density at radius 3 is 2.78 bits per heavy atom. The average molecular weight is 311 g/mol. The van der Waals surface area contributed by atoms with Crippen LogP contribution in [-0.2, 0) is 4.79 Å². The van der Waals surface area contributed by atoms with Gasteiger partial charge in [-0.15, -0.1) is 5.10 Å². The lowest BCUT2D eigenvalue weighted by Gasteiger charge is -2.19. The van der Waals surface area contributed by atoms with Crippen LogP contribution >= 0.6 is 0 Å². The molecule has 0 aliphatic carbocycles. The standard InChI is InChI=1S/C15H13N5O3/c1-10(21)16-15(11-5-4-6-12(9-11)20(22)23)19-14-8-3-2-7-13(14)17-18-19/h2-9,15H,1H3,(H,16,21). The van der Waals surface area contributed by atoms with E-state index < -0.39 is 11.1 Å². The van der Waals surface area contributed by atoms with Gasteiger partial charge in [0.2, 0.25) is 5.91 Å². The van der Waals surface area contributed by atoms with Crippen molar-refractivity contribution >= 4 is 22.6 Å². The van der Waals surface area contributed by atoms with Crippen LogP contribution in [0.5, 0.6) is 0 Å². The number of carbonyl (C=O) groups is 1. The highest BCUT2D eigenvalue weighted by Gasteiger charge is 2.20. The molecule has 3 rings (SSSR count). The van der Waals surface area contributed by atoms with Gasteiger partial charge in [0.25, 0.3) is 5.69 Å². The molecule has 1 heterocycles. The fraction of sp³-hybridized carbons (Fsp3) is 0.133. The quantitative estimate of drug-likeness (QED) is 0.586. The second kappa shape index (κ2) is 5.84. The van der Waals surface area contributed by atoms with Crippen molar-refractivity contribution in [3.63, 3.8) is 0 Å². The third-order valence-electron chi connectivity index (χ3n) is 3.36. The zero-order valence-corrected chi connectivity index (χ0v) is 12.2. The van der Waals surface area contributed by atoms with Gasteiger partial charge < -0.3 is 5.32 Å². The van der Waals surface area contributed by atoms with Gasteiger partial charge in [0.05, 0.1) is 10.4 Å². The van der Waals surface area contributed by atoms with Gasteiger partial charge in [0, 0.05) is 24.6 Å². The molecule has 0 saturated carbocycles. The second-order valence-electron chi connectivity index (χ2n) is 4.98. The van der Waals surface area contributed by atoms with Crippen molar-refractivity contribution in [1.29, 1.82) is 0 Å². The van der Waals surface area contributed by atoms with Gasteiger partial charge in [0.15, 0.2) is 6.17 Å². The molecular formula is C15H13N5O3. The number of fused-ring (bicyclic) bond motifs is 1. The first-order valence-corrected chi connectivity index (χ1v) is 6.87. The lowest BCUT2D eigenvalue weighted by molar-refractivity contribution is -0.384. The van der Waals surface area contributed by atoms with Gasteiger partial charge in [-0.25, -0.2) is 4.68 Å². The molecule has 1 atom stereocenters. The van der Waals surface area contributed by atoms with Crippen LogP contribution in [0, 0.1) is 10.1 Å². The Morgan fingerprint density at radius 2 is 2.04 bits per heavy atom. The number of rotatable bonds is 4. The first-order chi connectivity index (χ1) is 11.1. The Bertz CT molecular complexity index is 889. The van der Waals surface area contributed by atoms with Crippen molar-refractivity contribution in [3.8, 4) is 0 Å². The highest BCUT2D eigenvalue weighted by Crippen LogP contribution is 2.23. The van der Waals surface area contributed by atoms with Crippen LogP contribution in [0.1, 0.15) is 18.7 Å². The molecule has 0 radical (unpaired) electrons. The number of nitrogens with zero attached hydrogens (tertiary/aromatic N) is 4. The van der Waals surface area contributed by atoms with Crippen molar-refractivity contribution in [1.82, 2.24) is 20.3 Å². The molecule has 1 aromatic heterocycles. The summed E-state index contributed by atoms with van der Waals surface area (Å²) in [6.45, 7) is 1.38. The molecule has 0 fully saturated rings. The van der Waals surface area contributed by atoms with Crippen LogP contribution in [0.25, 0.3) is 11.0 Å². The predicted octanol–water partition coefficient (Wildman–Crippen LogP) is 2.02. The molecule has 0 saturated heterocycles. The van der Waals surface area contributed by atoms with Gasteiger partial charge in [-0.05, 0) is 12.1 Å². The molecule has 23 heavy (non-hydrogen) atoms. The molecule has 1 amide bonds. The van der Waals surface area contributed by atoms with E-state index in [1.165, 1.54) is 23.7 Å². The fourth-order valence-electron chi connectivity index (χ4n) is 2.36. The van der Waals surface area contributed by atoms with Crippen LogP contribution in [0.3, 0.4) is 0 Å². The molecular weight excluding hydrogens is 298 g/mol. The maximum Gasteiger partial charge on any atom is 0.269 e. The minimum absolute atomic E-state index is 0.0535. The van der Waals surface area contributed by atoms with Crippen LogP contribution in [0.15, 0.2) is 48.5 Å². The number of aromatic nitrogens is 3. The number of nitrogens with one attached hydrogen (secondary N) is 1. The van der Waals surface area contributed by atoms with Crippen LogP contribution < -0.4 is 5.32 Å². The summed E-state index contributed by atoms with van der Waals surface area (Å²) in [5.41, 5.74) is 1.89. The number of para-hydroxylation sites is 1. The van der Waals surface area contributed by atoms with E-state index >= 15 is 0 Å². The fourth-order valence-corrected chi connectivity index (χ4v) is 2.36. The molecule has 8 heteroatoms. The third-order valence-corrected chi connectivity index (χ3v) is 3.36. The number of nitro benzene ring substituents is 1. The molecule has 0 spiro atoms. The van der Waals surface area contributed by atoms with E-state index in [1.54, 1.807) is 18.2 Å². The topological polar surface area (TPSA) is 103 Å². The third kappa shape index (κ3) is 2.86. The van der Waals surface area contributed by atoms with Gasteiger partial charge in [-0.2, -0.15) is 0 Å². The van der Waals surface area contributed by atoms with Gasteiger partial charge in [0.1, 0.15) is 5.52 Å². The molecule has 0 aliphatic rings. The molecule has 0 bridgehead atoms. The SMILES string of the molecule is CC(=O)NC(c1cccc([N+](=O)[O-])c1)n1nnc2ccccc21. The molecule has 0 aliphatic heterocycles. The molecule has 1 unspecified atom stereocenters. The van der Waals surface area contributed by atoms with Crippen molar-refractivity contribution in [2.24, 2.45) is 0 Å².